The van der Waals surface area contributed by atoms with Crippen LogP contribution in [-0.2, 0) is 15.7 Å². The summed E-state index contributed by atoms with van der Waals surface area (Å²) >= 11 is 0. The monoisotopic (exact) mass is 279 g/mol. The number of ether oxygens (including phenoxy) is 2. The predicted molar refractivity (Wildman–Crippen MR) is 54.8 cm³/mol. The molecule has 1 saturated heterocycles. The normalized spacial score (nSPS) is 19.4. The Kier molecular flexibility index (Phi) is 3.61. The fraction of sp³-hybridized carbons (Fsp3) is 0.364. The molecule has 1 heterocycles. The third kappa shape index (κ3) is 3.34. The number of rotatable bonds is 3. The third-order valence-corrected chi connectivity index (χ3v) is 2.37. The first-order valence-electron chi connectivity index (χ1n) is 5.27. The van der Waals surface area contributed by atoms with Crippen molar-refractivity contribution >= 4 is 5.91 Å². The predicted octanol–water partition coefficient (Wildman–Crippen LogP) is 1.70. The molecule has 1 amide bonds. The van der Waals surface area contributed by atoms with Crippen LogP contribution in [-0.4, -0.2) is 25.3 Å². The molecule has 0 bridgehead atoms. The van der Waals surface area contributed by atoms with Crippen molar-refractivity contribution in [3.8, 4) is 5.75 Å². The summed E-state index contributed by atoms with van der Waals surface area (Å²) in [6.45, 7) is -0.454. The van der Waals surface area contributed by atoms with Gasteiger partial charge >= 0.3 is 6.18 Å². The Morgan fingerprint density at radius 1 is 1.42 bits per heavy atom. The van der Waals surface area contributed by atoms with E-state index in [1.807, 2.05) is 0 Å². The molecule has 1 aromatic rings. The van der Waals surface area contributed by atoms with Gasteiger partial charge < -0.3 is 14.8 Å². The number of carbonyl (C=O) groups excluding carboxylic acids is 1. The fourth-order valence-corrected chi connectivity index (χ4v) is 1.54. The smallest absolute Gasteiger partial charge is 0.420 e. The van der Waals surface area contributed by atoms with Crippen LogP contribution in [0.15, 0.2) is 18.2 Å². The number of hydrogen-bond donors (Lipinski definition) is 1. The summed E-state index contributed by atoms with van der Waals surface area (Å²) in [4.78, 5) is 10.8. The van der Waals surface area contributed by atoms with E-state index in [0.717, 1.165) is 12.1 Å². The minimum atomic E-state index is -4.72. The van der Waals surface area contributed by atoms with Crippen molar-refractivity contribution in [2.45, 2.75) is 12.4 Å². The zero-order valence-corrected chi connectivity index (χ0v) is 9.46. The standard InChI is InChI=1S/C11H9F4NO3/c12-6-1-2-8(7(3-6)11(13,14)15)18-5-10-16-9(17)4-19-10/h1-3,10H,4-5H2,(H,16,17). The number of amides is 1. The average molecular weight is 279 g/mol. The summed E-state index contributed by atoms with van der Waals surface area (Å²) in [6.07, 6.45) is -5.53. The van der Waals surface area contributed by atoms with Gasteiger partial charge in [0, 0.05) is 0 Å². The topological polar surface area (TPSA) is 47.6 Å². The number of alkyl halides is 3. The lowest BCUT2D eigenvalue weighted by Crippen LogP contribution is -2.32. The molecule has 2 rings (SSSR count). The van der Waals surface area contributed by atoms with E-state index in [1.54, 1.807) is 0 Å². The molecule has 104 valence electrons. The molecule has 0 aliphatic carbocycles. The molecule has 0 spiro atoms. The van der Waals surface area contributed by atoms with Gasteiger partial charge in [-0.05, 0) is 18.2 Å². The summed E-state index contributed by atoms with van der Waals surface area (Å²) in [7, 11) is 0. The number of halogens is 4. The van der Waals surface area contributed by atoms with Gasteiger partial charge in [-0.3, -0.25) is 4.79 Å². The Hall–Kier alpha value is -1.83. The summed E-state index contributed by atoms with van der Waals surface area (Å²) < 4.78 is 60.6. The minimum Gasteiger partial charge on any atom is -0.488 e. The van der Waals surface area contributed by atoms with Crippen LogP contribution in [0.25, 0.3) is 0 Å². The van der Waals surface area contributed by atoms with Gasteiger partial charge in [-0.1, -0.05) is 0 Å². The van der Waals surface area contributed by atoms with E-state index in [4.69, 9.17) is 9.47 Å². The van der Waals surface area contributed by atoms with Crippen LogP contribution >= 0.6 is 0 Å². The Bertz CT molecular complexity index is 489. The molecule has 4 nitrogen and oxygen atoms in total. The van der Waals surface area contributed by atoms with Crippen molar-refractivity contribution in [1.29, 1.82) is 0 Å². The molecule has 1 fully saturated rings. The van der Waals surface area contributed by atoms with E-state index >= 15 is 0 Å². The van der Waals surface area contributed by atoms with Crippen molar-refractivity contribution in [2.75, 3.05) is 13.2 Å². The van der Waals surface area contributed by atoms with Gasteiger partial charge in [-0.15, -0.1) is 0 Å². The van der Waals surface area contributed by atoms with Gasteiger partial charge in [-0.25, -0.2) is 4.39 Å². The maximum atomic E-state index is 12.8. The molecule has 1 N–H and O–H groups in total. The Morgan fingerprint density at radius 2 is 2.16 bits per heavy atom. The molecule has 8 heteroatoms. The van der Waals surface area contributed by atoms with E-state index in [-0.39, 0.29) is 19.1 Å². The highest BCUT2D eigenvalue weighted by Gasteiger charge is 2.35. The molecule has 1 atom stereocenters. The summed E-state index contributed by atoms with van der Waals surface area (Å²) in [6, 6.07) is 2.09. The molecular weight excluding hydrogens is 270 g/mol. The van der Waals surface area contributed by atoms with Gasteiger partial charge in [-0.2, -0.15) is 13.2 Å². The number of hydrogen-bond acceptors (Lipinski definition) is 3. The fourth-order valence-electron chi connectivity index (χ4n) is 1.54. The highest BCUT2D eigenvalue weighted by atomic mass is 19.4. The lowest BCUT2D eigenvalue weighted by Gasteiger charge is -2.16. The van der Waals surface area contributed by atoms with Gasteiger partial charge in [0.1, 0.15) is 30.3 Å². The van der Waals surface area contributed by atoms with Crippen LogP contribution in [0.2, 0.25) is 0 Å². The summed E-state index contributed by atoms with van der Waals surface area (Å²) in [5.41, 5.74) is -1.21. The highest BCUT2D eigenvalue weighted by molar-refractivity contribution is 5.78. The number of nitrogens with one attached hydrogen (secondary N) is 1. The number of benzene rings is 1. The molecular formula is C11H9F4NO3. The second-order valence-corrected chi connectivity index (χ2v) is 3.82. The maximum absolute atomic E-state index is 12.8. The second kappa shape index (κ2) is 5.04. The SMILES string of the molecule is O=C1COC(COc2ccc(F)cc2C(F)(F)F)N1. The first-order chi connectivity index (χ1) is 8.86. The Labute approximate surface area is 105 Å². The summed E-state index contributed by atoms with van der Waals surface area (Å²) in [5, 5.41) is 2.35. The molecule has 1 aliphatic rings. The zero-order chi connectivity index (χ0) is 14.0. The first kappa shape index (κ1) is 13.6. The van der Waals surface area contributed by atoms with E-state index in [1.165, 1.54) is 0 Å². The molecule has 1 aliphatic heterocycles. The van der Waals surface area contributed by atoms with Crippen LogP contribution in [0.3, 0.4) is 0 Å². The lowest BCUT2D eigenvalue weighted by atomic mass is 10.2. The van der Waals surface area contributed by atoms with Crippen molar-refractivity contribution in [3.05, 3.63) is 29.6 Å². The number of carbonyl (C=O) groups is 1. The molecule has 1 aromatic carbocycles. The van der Waals surface area contributed by atoms with Crippen molar-refractivity contribution in [3.63, 3.8) is 0 Å². The molecule has 1 unspecified atom stereocenters. The third-order valence-electron chi connectivity index (χ3n) is 2.37. The maximum Gasteiger partial charge on any atom is 0.420 e. The largest absolute Gasteiger partial charge is 0.488 e. The zero-order valence-electron chi connectivity index (χ0n) is 9.46. The molecule has 0 radical (unpaired) electrons. The van der Waals surface area contributed by atoms with Crippen molar-refractivity contribution in [2.24, 2.45) is 0 Å². The van der Waals surface area contributed by atoms with Gasteiger partial charge in [0.15, 0.2) is 6.23 Å². The minimum absolute atomic E-state index is 0.163. The van der Waals surface area contributed by atoms with E-state index in [0.29, 0.717) is 6.07 Å². The quantitative estimate of drug-likeness (QED) is 0.857. The van der Waals surface area contributed by atoms with Crippen molar-refractivity contribution in [1.82, 2.24) is 5.32 Å². The molecule has 19 heavy (non-hydrogen) atoms. The Morgan fingerprint density at radius 3 is 2.74 bits per heavy atom. The molecule has 0 aromatic heterocycles. The summed E-state index contributed by atoms with van der Waals surface area (Å²) in [5.74, 6) is -1.90. The first-order valence-corrected chi connectivity index (χ1v) is 5.27. The van der Waals surface area contributed by atoms with Crippen LogP contribution in [0, 0.1) is 5.82 Å². The lowest BCUT2D eigenvalue weighted by molar-refractivity contribution is -0.139. The van der Waals surface area contributed by atoms with Gasteiger partial charge in [0.05, 0.1) is 0 Å². The highest BCUT2D eigenvalue weighted by Crippen LogP contribution is 2.36. The molecule has 0 saturated carbocycles. The van der Waals surface area contributed by atoms with Gasteiger partial charge in [0.2, 0.25) is 5.91 Å². The van der Waals surface area contributed by atoms with E-state index in [9.17, 15) is 22.4 Å². The average Bonchev–Trinajstić information content (AvgIpc) is 2.72. The van der Waals surface area contributed by atoms with Gasteiger partial charge in [0.25, 0.3) is 0 Å². The van der Waals surface area contributed by atoms with Crippen LogP contribution in [0.1, 0.15) is 5.56 Å². The van der Waals surface area contributed by atoms with E-state index in [2.05, 4.69) is 5.32 Å². The van der Waals surface area contributed by atoms with Crippen LogP contribution in [0.5, 0.6) is 5.75 Å². The van der Waals surface area contributed by atoms with Crippen molar-refractivity contribution < 1.29 is 31.8 Å². The van der Waals surface area contributed by atoms with Crippen LogP contribution < -0.4 is 10.1 Å². The van der Waals surface area contributed by atoms with E-state index < -0.39 is 29.5 Å². The second-order valence-electron chi connectivity index (χ2n) is 3.82. The Balaban J connectivity index is 2.09. The van der Waals surface area contributed by atoms with Crippen LogP contribution in [0.4, 0.5) is 17.6 Å².